The summed E-state index contributed by atoms with van der Waals surface area (Å²) in [6, 6.07) is 16.5. The summed E-state index contributed by atoms with van der Waals surface area (Å²) in [5, 5.41) is 9.97. The molecule has 1 fully saturated rings. The maximum absolute atomic E-state index is 13.5. The molecule has 1 heterocycles. The van der Waals surface area contributed by atoms with Gasteiger partial charge < -0.3 is 20.3 Å². The Kier molecular flexibility index (Phi) is 10.1. The van der Waals surface area contributed by atoms with E-state index in [1.807, 2.05) is 60.5 Å². The van der Waals surface area contributed by atoms with E-state index in [1.54, 1.807) is 9.91 Å². The molecule has 0 spiro atoms. The van der Waals surface area contributed by atoms with E-state index in [0.29, 0.717) is 26.2 Å². The molecular formula is C31H39N5O3. The van der Waals surface area contributed by atoms with Gasteiger partial charge in [-0.25, -0.2) is 4.79 Å². The van der Waals surface area contributed by atoms with Crippen LogP contribution in [0.3, 0.4) is 0 Å². The van der Waals surface area contributed by atoms with Crippen LogP contribution in [0.5, 0.6) is 0 Å². The van der Waals surface area contributed by atoms with E-state index in [1.165, 1.54) is 5.56 Å². The van der Waals surface area contributed by atoms with Gasteiger partial charge in [-0.15, -0.1) is 0 Å². The highest BCUT2D eigenvalue weighted by Gasteiger charge is 2.45. The normalized spacial score (nSPS) is 18.1. The van der Waals surface area contributed by atoms with Crippen LogP contribution < -0.4 is 10.6 Å². The van der Waals surface area contributed by atoms with Crippen molar-refractivity contribution in [3.05, 3.63) is 95.1 Å². The number of nitrogens with zero attached hydrogens (tertiary/aromatic N) is 3. The fourth-order valence-electron chi connectivity index (χ4n) is 5.15. The van der Waals surface area contributed by atoms with E-state index in [2.05, 4.69) is 41.8 Å². The van der Waals surface area contributed by atoms with Crippen LogP contribution in [-0.4, -0.2) is 65.5 Å². The molecule has 2 aromatic carbocycles. The zero-order valence-electron chi connectivity index (χ0n) is 22.9. The summed E-state index contributed by atoms with van der Waals surface area (Å²) in [4.78, 5) is 41.0. The Morgan fingerprint density at radius 3 is 2.56 bits per heavy atom. The summed E-state index contributed by atoms with van der Waals surface area (Å²) in [6.07, 6.45) is 9.29. The first-order valence-electron chi connectivity index (χ1n) is 13.8. The van der Waals surface area contributed by atoms with E-state index >= 15 is 0 Å². The second-order valence-electron chi connectivity index (χ2n) is 9.97. The van der Waals surface area contributed by atoms with Crippen molar-refractivity contribution in [3.63, 3.8) is 0 Å². The highest BCUT2D eigenvalue weighted by atomic mass is 16.2. The lowest BCUT2D eigenvalue weighted by atomic mass is 10.1. The molecule has 2 aliphatic rings. The number of hydrogen-bond acceptors (Lipinski definition) is 5. The lowest BCUT2D eigenvalue weighted by Crippen LogP contribution is -2.58. The van der Waals surface area contributed by atoms with Crippen LogP contribution in [0.1, 0.15) is 48.9 Å². The van der Waals surface area contributed by atoms with E-state index < -0.39 is 12.2 Å². The monoisotopic (exact) mass is 529 g/mol. The van der Waals surface area contributed by atoms with Crippen molar-refractivity contribution in [2.24, 2.45) is 0 Å². The van der Waals surface area contributed by atoms with Crippen LogP contribution in [0.2, 0.25) is 0 Å². The van der Waals surface area contributed by atoms with E-state index in [0.717, 1.165) is 42.2 Å². The minimum absolute atomic E-state index is 0.0178. The second kappa shape index (κ2) is 13.9. The van der Waals surface area contributed by atoms with E-state index in [-0.39, 0.29) is 18.5 Å². The summed E-state index contributed by atoms with van der Waals surface area (Å²) in [7, 11) is 0. The van der Waals surface area contributed by atoms with Gasteiger partial charge in [-0.3, -0.25) is 9.80 Å². The topological polar surface area (TPSA) is 85.0 Å². The second-order valence-corrected chi connectivity index (χ2v) is 9.97. The molecule has 206 valence electrons. The number of carbonyl (C=O) groups is 3. The van der Waals surface area contributed by atoms with Crippen LogP contribution in [0, 0.1) is 6.92 Å². The van der Waals surface area contributed by atoms with Gasteiger partial charge in [0.25, 0.3) is 0 Å². The number of aldehydes is 1. The van der Waals surface area contributed by atoms with Gasteiger partial charge in [0.05, 0.1) is 6.54 Å². The Morgan fingerprint density at radius 2 is 1.87 bits per heavy atom. The molecule has 39 heavy (non-hydrogen) atoms. The first-order chi connectivity index (χ1) is 19.0. The first-order valence-corrected chi connectivity index (χ1v) is 13.8. The predicted molar refractivity (Wildman–Crippen MR) is 152 cm³/mol. The fourth-order valence-corrected chi connectivity index (χ4v) is 5.15. The third-order valence-electron chi connectivity index (χ3n) is 7.22. The van der Waals surface area contributed by atoms with Crippen molar-refractivity contribution >= 4 is 18.2 Å². The molecule has 2 aromatic rings. The zero-order valence-corrected chi connectivity index (χ0v) is 22.9. The summed E-state index contributed by atoms with van der Waals surface area (Å²) in [6.45, 7) is 5.97. The molecule has 0 saturated carbocycles. The summed E-state index contributed by atoms with van der Waals surface area (Å²) in [5.41, 5.74) is 4.15. The largest absolute Gasteiger partial charge is 0.333 e. The average Bonchev–Trinajstić information content (AvgIpc) is 3.28. The maximum atomic E-state index is 13.5. The van der Waals surface area contributed by atoms with Gasteiger partial charge in [-0.2, -0.15) is 5.01 Å². The average molecular weight is 530 g/mol. The molecule has 0 bridgehead atoms. The Labute approximate surface area is 231 Å². The molecule has 0 aromatic heterocycles. The minimum Gasteiger partial charge on any atom is -0.333 e. The van der Waals surface area contributed by atoms with Gasteiger partial charge >= 0.3 is 6.03 Å². The molecule has 8 nitrogen and oxygen atoms in total. The van der Waals surface area contributed by atoms with Gasteiger partial charge in [0, 0.05) is 26.2 Å². The maximum Gasteiger partial charge on any atom is 0.332 e. The molecule has 4 rings (SSSR count). The first kappa shape index (κ1) is 28.3. The van der Waals surface area contributed by atoms with Crippen molar-refractivity contribution in [2.75, 3.05) is 26.2 Å². The molecule has 1 aliphatic heterocycles. The van der Waals surface area contributed by atoms with Gasteiger partial charge in [-0.1, -0.05) is 79.7 Å². The molecule has 1 unspecified atom stereocenters. The number of hydrogen-bond donors (Lipinski definition) is 2. The minimum atomic E-state index is -0.752. The molecular weight excluding hydrogens is 490 g/mol. The van der Waals surface area contributed by atoms with Crippen LogP contribution in [0.4, 0.5) is 4.79 Å². The molecule has 1 saturated heterocycles. The lowest BCUT2D eigenvalue weighted by Gasteiger charge is -2.39. The van der Waals surface area contributed by atoms with Crippen molar-refractivity contribution < 1.29 is 14.4 Å². The molecule has 0 radical (unpaired) electrons. The third-order valence-corrected chi connectivity index (χ3v) is 7.22. The van der Waals surface area contributed by atoms with Gasteiger partial charge in [-0.05, 0) is 48.4 Å². The van der Waals surface area contributed by atoms with E-state index in [9.17, 15) is 14.4 Å². The number of rotatable bonds is 12. The smallest absolute Gasteiger partial charge is 0.332 e. The number of hydrazine groups is 1. The lowest BCUT2D eigenvalue weighted by molar-refractivity contribution is -0.134. The molecule has 8 heteroatoms. The van der Waals surface area contributed by atoms with Crippen molar-refractivity contribution in [1.82, 2.24) is 25.6 Å². The number of benzene rings is 2. The third kappa shape index (κ3) is 7.02. The van der Waals surface area contributed by atoms with E-state index in [4.69, 9.17) is 0 Å². The summed E-state index contributed by atoms with van der Waals surface area (Å²) < 4.78 is 0. The van der Waals surface area contributed by atoms with Crippen molar-refractivity contribution in [3.8, 4) is 0 Å². The Balaban J connectivity index is 1.58. The van der Waals surface area contributed by atoms with Gasteiger partial charge in [0.15, 0.2) is 0 Å². The van der Waals surface area contributed by atoms with Crippen LogP contribution in [-0.2, 0) is 16.1 Å². The number of amides is 3. The SMILES string of the molecule is CCCN(C(=O)NCC1=CCCC=C1)N1CC(=O)N([C@H](C=O)c2ccccc2)C1CNCc1ccccc1C. The Bertz CT molecular complexity index is 1200. The number of aryl methyl sites for hydroxylation is 1. The summed E-state index contributed by atoms with van der Waals surface area (Å²) >= 11 is 0. The molecule has 2 atom stereocenters. The number of carbonyl (C=O) groups excluding carboxylic acids is 3. The number of allylic oxidation sites excluding steroid dienone is 2. The molecule has 3 amide bonds. The number of urea groups is 1. The van der Waals surface area contributed by atoms with Crippen LogP contribution in [0.15, 0.2) is 78.4 Å². The standard InChI is InChI=1S/C31H39N5O3/c1-3-18-34(31(39)33-19-25-13-6-4-7-14-25)35-22-30(38)36(28(23-37)26-15-8-5-9-16-26)29(35)21-32-20-27-17-11-10-12-24(27)2/h5-6,8-17,23,28-29,32H,3-4,7,18-22H2,1-2H3,(H,33,39)/t28-,29?/m1/s1. The highest BCUT2D eigenvalue weighted by molar-refractivity contribution is 5.85. The highest BCUT2D eigenvalue weighted by Crippen LogP contribution is 2.29. The molecule has 2 N–H and O–H groups in total. The zero-order chi connectivity index (χ0) is 27.6. The van der Waals surface area contributed by atoms with Gasteiger partial charge in [0.2, 0.25) is 5.91 Å². The molecule has 1 aliphatic carbocycles. The fraction of sp³-hybridized carbons (Fsp3) is 0.387. The Morgan fingerprint density at radius 1 is 1.10 bits per heavy atom. The van der Waals surface area contributed by atoms with Crippen molar-refractivity contribution in [2.45, 2.75) is 51.9 Å². The predicted octanol–water partition coefficient (Wildman–Crippen LogP) is 4.11. The Hall–Kier alpha value is -3.75. The van der Waals surface area contributed by atoms with Gasteiger partial charge in [0.1, 0.15) is 18.5 Å². The quantitative estimate of drug-likeness (QED) is 0.405. The summed E-state index contributed by atoms with van der Waals surface area (Å²) in [5.74, 6) is -0.189. The van der Waals surface area contributed by atoms with Crippen molar-refractivity contribution in [1.29, 1.82) is 0 Å². The number of nitrogens with one attached hydrogen (secondary N) is 2. The van der Waals surface area contributed by atoms with Crippen LogP contribution >= 0.6 is 0 Å². The van der Waals surface area contributed by atoms with Crippen LogP contribution in [0.25, 0.3) is 0 Å².